The van der Waals surface area contributed by atoms with Gasteiger partial charge in [-0.3, -0.25) is 4.79 Å². The van der Waals surface area contributed by atoms with Crippen LogP contribution in [-0.4, -0.2) is 18.5 Å². The molecule has 4 heteroatoms. The number of ether oxygens (including phenoxy) is 2. The molecule has 0 saturated heterocycles. The Hall–Kier alpha value is -3.32. The standard InChI is InChI=1S/C25H24O4/c1-5-28-24(27)20-11-8-18(9-12-20)6-7-19-10-13-21-22(16-19)25(3,4)15-14-23(21)29-17(2)26/h8-14,16H,5,15H2,1-4H3. The van der Waals surface area contributed by atoms with Gasteiger partial charge in [-0.1, -0.05) is 25.7 Å². The number of carbonyl (C=O) groups excluding carboxylic acids is 2. The van der Waals surface area contributed by atoms with E-state index in [9.17, 15) is 9.59 Å². The zero-order chi connectivity index (χ0) is 21.0. The topological polar surface area (TPSA) is 52.6 Å². The molecular formula is C25H24O4. The van der Waals surface area contributed by atoms with Crippen LogP contribution in [0.4, 0.5) is 0 Å². The van der Waals surface area contributed by atoms with E-state index < -0.39 is 0 Å². The molecule has 0 atom stereocenters. The Kier molecular flexibility index (Phi) is 5.89. The van der Waals surface area contributed by atoms with Crippen LogP contribution >= 0.6 is 0 Å². The highest BCUT2D eigenvalue weighted by molar-refractivity contribution is 5.89. The summed E-state index contributed by atoms with van der Waals surface area (Å²) in [6.45, 7) is 7.87. The van der Waals surface area contributed by atoms with E-state index in [4.69, 9.17) is 9.47 Å². The minimum absolute atomic E-state index is 0.0715. The van der Waals surface area contributed by atoms with Crippen molar-refractivity contribution in [2.45, 2.75) is 39.5 Å². The molecule has 0 saturated carbocycles. The molecule has 1 aliphatic carbocycles. The summed E-state index contributed by atoms with van der Waals surface area (Å²) in [7, 11) is 0. The third-order valence-electron chi connectivity index (χ3n) is 4.81. The van der Waals surface area contributed by atoms with E-state index in [1.54, 1.807) is 19.1 Å². The first-order valence-electron chi connectivity index (χ1n) is 9.63. The van der Waals surface area contributed by atoms with Crippen molar-refractivity contribution in [2.75, 3.05) is 6.61 Å². The first-order chi connectivity index (χ1) is 13.8. The van der Waals surface area contributed by atoms with Crippen LogP contribution in [0, 0.1) is 11.8 Å². The first-order valence-corrected chi connectivity index (χ1v) is 9.63. The fraction of sp³-hybridized carbons (Fsp3) is 0.280. The normalized spacial score (nSPS) is 14.0. The van der Waals surface area contributed by atoms with Crippen LogP contribution in [-0.2, 0) is 19.7 Å². The molecule has 0 N–H and O–H groups in total. The van der Waals surface area contributed by atoms with Crippen molar-refractivity contribution in [3.8, 4) is 11.8 Å². The quantitative estimate of drug-likeness (QED) is 0.557. The maximum Gasteiger partial charge on any atom is 0.338 e. The number of hydrogen-bond donors (Lipinski definition) is 0. The van der Waals surface area contributed by atoms with Crippen LogP contribution in [0.1, 0.15) is 66.7 Å². The molecular weight excluding hydrogens is 364 g/mol. The van der Waals surface area contributed by atoms with Crippen LogP contribution < -0.4 is 0 Å². The van der Waals surface area contributed by atoms with E-state index in [0.717, 1.165) is 28.7 Å². The van der Waals surface area contributed by atoms with E-state index >= 15 is 0 Å². The second kappa shape index (κ2) is 8.36. The van der Waals surface area contributed by atoms with Gasteiger partial charge in [0, 0.05) is 23.6 Å². The smallest absolute Gasteiger partial charge is 0.338 e. The Labute approximate surface area is 171 Å². The van der Waals surface area contributed by atoms with Crippen LogP contribution in [0.25, 0.3) is 5.76 Å². The lowest BCUT2D eigenvalue weighted by molar-refractivity contribution is -0.134. The number of carbonyl (C=O) groups is 2. The molecule has 0 spiro atoms. The highest BCUT2D eigenvalue weighted by atomic mass is 16.5. The van der Waals surface area contributed by atoms with Gasteiger partial charge in [-0.2, -0.15) is 0 Å². The second-order valence-corrected chi connectivity index (χ2v) is 7.56. The number of benzene rings is 2. The van der Waals surface area contributed by atoms with E-state index in [-0.39, 0.29) is 17.4 Å². The molecule has 0 fully saturated rings. The van der Waals surface area contributed by atoms with E-state index in [2.05, 4.69) is 31.8 Å². The monoisotopic (exact) mass is 388 g/mol. The second-order valence-electron chi connectivity index (χ2n) is 7.56. The molecule has 1 aliphatic rings. The van der Waals surface area contributed by atoms with Crippen LogP contribution in [0.5, 0.6) is 0 Å². The van der Waals surface area contributed by atoms with Crippen LogP contribution in [0.15, 0.2) is 48.5 Å². The third kappa shape index (κ3) is 4.75. The van der Waals surface area contributed by atoms with Crippen molar-refractivity contribution >= 4 is 17.7 Å². The predicted molar refractivity (Wildman–Crippen MR) is 112 cm³/mol. The fourth-order valence-electron chi connectivity index (χ4n) is 3.26. The van der Waals surface area contributed by atoms with E-state index in [1.807, 2.05) is 30.3 Å². The van der Waals surface area contributed by atoms with Gasteiger partial charge in [0.15, 0.2) is 0 Å². The Balaban J connectivity index is 1.86. The van der Waals surface area contributed by atoms with Crippen molar-refractivity contribution in [3.63, 3.8) is 0 Å². The molecule has 2 aromatic carbocycles. The average molecular weight is 388 g/mol. The molecule has 4 nitrogen and oxygen atoms in total. The zero-order valence-electron chi connectivity index (χ0n) is 17.2. The SMILES string of the molecule is CCOC(=O)c1ccc(C#Cc2ccc3c(c2)C(C)(C)CC=C3OC(C)=O)cc1. The summed E-state index contributed by atoms with van der Waals surface area (Å²) in [4.78, 5) is 23.1. The summed E-state index contributed by atoms with van der Waals surface area (Å²) in [5.41, 5.74) is 4.18. The predicted octanol–water partition coefficient (Wildman–Crippen LogP) is 4.85. The Morgan fingerprint density at radius 3 is 2.34 bits per heavy atom. The minimum atomic E-state index is -0.333. The fourth-order valence-corrected chi connectivity index (χ4v) is 3.26. The largest absolute Gasteiger partial charge is 0.462 e. The first kappa shape index (κ1) is 20.4. The molecule has 0 amide bonds. The maximum atomic E-state index is 11.7. The molecule has 0 radical (unpaired) electrons. The van der Waals surface area contributed by atoms with Gasteiger partial charge >= 0.3 is 11.9 Å². The lowest BCUT2D eigenvalue weighted by atomic mass is 9.74. The summed E-state index contributed by atoms with van der Waals surface area (Å²) < 4.78 is 10.4. The molecule has 0 heterocycles. The lowest BCUT2D eigenvalue weighted by Crippen LogP contribution is -2.22. The van der Waals surface area contributed by atoms with Crippen LogP contribution in [0.2, 0.25) is 0 Å². The van der Waals surface area contributed by atoms with Crippen molar-refractivity contribution in [1.29, 1.82) is 0 Å². The van der Waals surface area contributed by atoms with Gasteiger partial charge in [-0.25, -0.2) is 4.79 Å². The summed E-state index contributed by atoms with van der Waals surface area (Å²) in [5.74, 6) is 6.28. The van der Waals surface area contributed by atoms with Gasteiger partial charge in [-0.15, -0.1) is 0 Å². The molecule has 0 aliphatic heterocycles. The van der Waals surface area contributed by atoms with Gasteiger partial charge in [0.1, 0.15) is 5.76 Å². The van der Waals surface area contributed by atoms with Gasteiger partial charge in [0.25, 0.3) is 0 Å². The highest BCUT2D eigenvalue weighted by Crippen LogP contribution is 2.39. The summed E-state index contributed by atoms with van der Waals surface area (Å²) in [6.07, 6.45) is 2.76. The highest BCUT2D eigenvalue weighted by Gasteiger charge is 2.29. The lowest BCUT2D eigenvalue weighted by Gasteiger charge is -2.31. The Morgan fingerprint density at radius 1 is 1.03 bits per heavy atom. The number of fused-ring (bicyclic) bond motifs is 1. The van der Waals surface area contributed by atoms with Crippen LogP contribution in [0.3, 0.4) is 0 Å². The van der Waals surface area contributed by atoms with Gasteiger partial charge in [0.05, 0.1) is 12.2 Å². The number of hydrogen-bond acceptors (Lipinski definition) is 4. The van der Waals surface area contributed by atoms with E-state index in [0.29, 0.717) is 17.9 Å². The molecule has 3 rings (SSSR count). The van der Waals surface area contributed by atoms with Crippen molar-refractivity contribution in [2.24, 2.45) is 0 Å². The maximum absolute atomic E-state index is 11.7. The number of rotatable bonds is 3. The molecule has 2 aromatic rings. The molecule has 29 heavy (non-hydrogen) atoms. The van der Waals surface area contributed by atoms with Gasteiger partial charge in [-0.05, 0) is 72.9 Å². The Morgan fingerprint density at radius 2 is 1.69 bits per heavy atom. The van der Waals surface area contributed by atoms with Gasteiger partial charge in [0.2, 0.25) is 0 Å². The zero-order valence-corrected chi connectivity index (χ0v) is 17.2. The van der Waals surface area contributed by atoms with Crippen molar-refractivity contribution in [1.82, 2.24) is 0 Å². The van der Waals surface area contributed by atoms with Crippen molar-refractivity contribution < 1.29 is 19.1 Å². The molecule has 0 bridgehead atoms. The third-order valence-corrected chi connectivity index (χ3v) is 4.81. The van der Waals surface area contributed by atoms with Crippen molar-refractivity contribution in [3.05, 3.63) is 76.4 Å². The summed E-state index contributed by atoms with van der Waals surface area (Å²) in [6, 6.07) is 13.0. The minimum Gasteiger partial charge on any atom is -0.462 e. The number of allylic oxidation sites excluding steroid dienone is 1. The molecule has 0 unspecified atom stereocenters. The summed E-state index contributed by atoms with van der Waals surface area (Å²) in [5, 5.41) is 0. The molecule has 148 valence electrons. The average Bonchev–Trinajstić information content (AvgIpc) is 2.69. The van der Waals surface area contributed by atoms with E-state index in [1.165, 1.54) is 6.92 Å². The molecule has 0 aromatic heterocycles. The van der Waals surface area contributed by atoms with Gasteiger partial charge < -0.3 is 9.47 Å². The summed E-state index contributed by atoms with van der Waals surface area (Å²) >= 11 is 0. The number of esters is 2. The Bertz CT molecular complexity index is 1030.